The standard InChI is InChI=1S/C5H8O3/c6-3-4-1-2-5(7)8-4/h4,6H,1-3H2/p+1. The van der Waals surface area contributed by atoms with Gasteiger partial charge in [0.2, 0.25) is 0 Å². The second-order valence-corrected chi connectivity index (χ2v) is 1.85. The Kier molecular flexibility index (Phi) is 1.48. The molecule has 1 fully saturated rings. The van der Waals surface area contributed by atoms with E-state index in [0.29, 0.717) is 6.42 Å². The summed E-state index contributed by atoms with van der Waals surface area (Å²) in [5.41, 5.74) is 0. The summed E-state index contributed by atoms with van der Waals surface area (Å²) in [5.74, 6) is -0.151. The molecule has 1 atom stereocenters. The van der Waals surface area contributed by atoms with E-state index in [1.807, 2.05) is 0 Å². The SMILES string of the molecule is O=C1CCC(C[OH2+])O1. The first-order chi connectivity index (χ1) is 3.83. The number of rotatable bonds is 1. The zero-order valence-corrected chi connectivity index (χ0v) is 4.52. The summed E-state index contributed by atoms with van der Waals surface area (Å²) >= 11 is 0. The number of carbonyl (C=O) groups is 1. The van der Waals surface area contributed by atoms with Crippen molar-refractivity contribution in [3.63, 3.8) is 0 Å². The third kappa shape index (κ3) is 0.980. The highest BCUT2D eigenvalue weighted by molar-refractivity contribution is 5.71. The second kappa shape index (κ2) is 2.13. The Bertz CT molecular complexity index is 99.8. The minimum atomic E-state index is -0.151. The molecule has 0 radical (unpaired) electrons. The van der Waals surface area contributed by atoms with Gasteiger partial charge < -0.3 is 9.84 Å². The summed E-state index contributed by atoms with van der Waals surface area (Å²) < 4.78 is 4.68. The van der Waals surface area contributed by atoms with Gasteiger partial charge in [-0.2, -0.15) is 0 Å². The molecule has 1 aliphatic rings. The second-order valence-electron chi connectivity index (χ2n) is 1.85. The first-order valence-electron chi connectivity index (χ1n) is 2.67. The summed E-state index contributed by atoms with van der Waals surface area (Å²) in [7, 11) is 0. The normalized spacial score (nSPS) is 28.1. The van der Waals surface area contributed by atoms with Gasteiger partial charge in [0.15, 0.2) is 12.7 Å². The molecule has 0 bridgehead atoms. The third-order valence-corrected chi connectivity index (χ3v) is 1.20. The monoisotopic (exact) mass is 117 g/mol. The van der Waals surface area contributed by atoms with E-state index in [9.17, 15) is 4.79 Å². The third-order valence-electron chi connectivity index (χ3n) is 1.20. The molecule has 46 valence electrons. The zero-order chi connectivity index (χ0) is 5.98. The predicted molar refractivity (Wildman–Crippen MR) is 27.6 cm³/mol. The molecule has 3 heteroatoms. The molecule has 0 aromatic carbocycles. The smallest absolute Gasteiger partial charge is 0.306 e. The van der Waals surface area contributed by atoms with Crippen LogP contribution in [0, 0.1) is 0 Å². The molecule has 1 rings (SSSR count). The molecule has 0 aliphatic carbocycles. The van der Waals surface area contributed by atoms with Crippen LogP contribution >= 0.6 is 0 Å². The van der Waals surface area contributed by atoms with Gasteiger partial charge in [0.05, 0.1) is 0 Å². The van der Waals surface area contributed by atoms with Gasteiger partial charge in [0, 0.05) is 12.8 Å². The molecule has 0 spiro atoms. The van der Waals surface area contributed by atoms with E-state index < -0.39 is 0 Å². The zero-order valence-electron chi connectivity index (χ0n) is 4.52. The van der Waals surface area contributed by atoms with Gasteiger partial charge >= 0.3 is 5.97 Å². The Hall–Kier alpha value is -0.570. The molecule has 1 heterocycles. The van der Waals surface area contributed by atoms with Gasteiger partial charge in [-0.3, -0.25) is 4.79 Å². The fourth-order valence-corrected chi connectivity index (χ4v) is 0.726. The van der Waals surface area contributed by atoms with E-state index >= 15 is 0 Å². The Morgan fingerprint density at radius 3 is 2.88 bits per heavy atom. The van der Waals surface area contributed by atoms with Gasteiger partial charge in [-0.25, -0.2) is 0 Å². The topological polar surface area (TPSA) is 49.2 Å². The average molecular weight is 117 g/mol. The van der Waals surface area contributed by atoms with Crippen LogP contribution in [0.2, 0.25) is 0 Å². The van der Waals surface area contributed by atoms with Crippen LogP contribution in [0.4, 0.5) is 0 Å². The van der Waals surface area contributed by atoms with E-state index in [2.05, 4.69) is 4.74 Å². The molecule has 0 saturated carbocycles. The van der Waals surface area contributed by atoms with Crippen molar-refractivity contribution in [2.75, 3.05) is 6.61 Å². The first-order valence-corrected chi connectivity index (χ1v) is 2.67. The summed E-state index contributed by atoms with van der Waals surface area (Å²) in [6, 6.07) is 0. The van der Waals surface area contributed by atoms with Crippen molar-refractivity contribution in [2.45, 2.75) is 18.9 Å². The van der Waals surface area contributed by atoms with Crippen LogP contribution in [0.1, 0.15) is 12.8 Å². The van der Waals surface area contributed by atoms with E-state index in [1.165, 1.54) is 0 Å². The summed E-state index contributed by atoms with van der Waals surface area (Å²) in [5, 5.41) is 6.81. The number of carbonyl (C=O) groups excluding carboxylic acids is 1. The lowest BCUT2D eigenvalue weighted by Gasteiger charge is -1.98. The maximum absolute atomic E-state index is 10.3. The molecule has 1 aliphatic heterocycles. The minimum absolute atomic E-state index is 0.109. The van der Waals surface area contributed by atoms with Crippen LogP contribution in [0.25, 0.3) is 0 Å². The number of hydrogen-bond donors (Lipinski definition) is 0. The lowest BCUT2D eigenvalue weighted by molar-refractivity contribution is -0.142. The Balaban J connectivity index is 2.32. The van der Waals surface area contributed by atoms with Crippen LogP contribution in [-0.2, 0) is 9.53 Å². The van der Waals surface area contributed by atoms with E-state index in [1.54, 1.807) is 0 Å². The van der Waals surface area contributed by atoms with Gasteiger partial charge in [-0.05, 0) is 0 Å². The van der Waals surface area contributed by atoms with Crippen molar-refractivity contribution in [3.8, 4) is 0 Å². The van der Waals surface area contributed by atoms with Gasteiger partial charge in [0.25, 0.3) is 0 Å². The molecule has 8 heavy (non-hydrogen) atoms. The number of ether oxygens (including phenoxy) is 1. The van der Waals surface area contributed by atoms with E-state index in [4.69, 9.17) is 5.11 Å². The van der Waals surface area contributed by atoms with Crippen LogP contribution in [0.5, 0.6) is 0 Å². The van der Waals surface area contributed by atoms with Crippen molar-refractivity contribution in [2.24, 2.45) is 0 Å². The van der Waals surface area contributed by atoms with Crippen molar-refractivity contribution < 1.29 is 14.6 Å². The summed E-state index contributed by atoms with van der Waals surface area (Å²) in [6.45, 7) is 0.214. The number of hydrogen-bond acceptors (Lipinski definition) is 2. The van der Waals surface area contributed by atoms with Crippen molar-refractivity contribution >= 4 is 5.97 Å². The van der Waals surface area contributed by atoms with Crippen molar-refractivity contribution in [1.29, 1.82) is 0 Å². The summed E-state index contributed by atoms with van der Waals surface area (Å²) in [4.78, 5) is 10.3. The molecule has 3 nitrogen and oxygen atoms in total. The van der Waals surface area contributed by atoms with E-state index in [-0.39, 0.29) is 18.7 Å². The number of esters is 1. The minimum Gasteiger partial charge on any atom is -0.454 e. The maximum atomic E-state index is 10.3. The van der Waals surface area contributed by atoms with Gasteiger partial charge in [0.1, 0.15) is 0 Å². The fraction of sp³-hybridized carbons (Fsp3) is 0.800. The van der Waals surface area contributed by atoms with Crippen LogP contribution in [-0.4, -0.2) is 23.8 Å². The highest BCUT2D eigenvalue weighted by Gasteiger charge is 2.23. The number of cyclic esters (lactones) is 1. The highest BCUT2D eigenvalue weighted by Crippen LogP contribution is 2.11. The largest absolute Gasteiger partial charge is 0.454 e. The quantitative estimate of drug-likeness (QED) is 0.340. The van der Waals surface area contributed by atoms with Gasteiger partial charge in [-0.1, -0.05) is 0 Å². The Labute approximate surface area is 47.3 Å². The van der Waals surface area contributed by atoms with Crippen molar-refractivity contribution in [1.82, 2.24) is 0 Å². The average Bonchev–Trinajstić information content (AvgIpc) is 2.14. The van der Waals surface area contributed by atoms with E-state index in [0.717, 1.165) is 6.42 Å². The highest BCUT2D eigenvalue weighted by atomic mass is 16.6. The van der Waals surface area contributed by atoms with Crippen LogP contribution in [0.15, 0.2) is 0 Å². The molecule has 0 aromatic rings. The van der Waals surface area contributed by atoms with Crippen LogP contribution in [0.3, 0.4) is 0 Å². The van der Waals surface area contributed by atoms with Crippen molar-refractivity contribution in [3.05, 3.63) is 0 Å². The lowest BCUT2D eigenvalue weighted by Crippen LogP contribution is -2.10. The summed E-state index contributed by atoms with van der Waals surface area (Å²) in [6.07, 6.45) is 1.13. The first kappa shape index (κ1) is 5.56. The molecule has 0 aromatic heterocycles. The molecule has 1 saturated heterocycles. The Morgan fingerprint density at radius 2 is 2.62 bits per heavy atom. The molecular weight excluding hydrogens is 108 g/mol. The lowest BCUT2D eigenvalue weighted by atomic mass is 10.2. The molecule has 2 N–H and O–H groups in total. The predicted octanol–water partition coefficient (Wildman–Crippen LogP) is -0.583. The molecular formula is C5H9O3+. The molecule has 0 amide bonds. The molecule has 1 unspecified atom stereocenters. The fourth-order valence-electron chi connectivity index (χ4n) is 0.726. The maximum Gasteiger partial charge on any atom is 0.306 e. The Morgan fingerprint density at radius 1 is 1.88 bits per heavy atom. The van der Waals surface area contributed by atoms with Crippen LogP contribution < -0.4 is 0 Å². The van der Waals surface area contributed by atoms with Gasteiger partial charge in [-0.15, -0.1) is 0 Å².